The Morgan fingerprint density at radius 3 is 2.91 bits per heavy atom. The molecule has 0 unspecified atom stereocenters. The number of benzene rings is 1. The predicted molar refractivity (Wildman–Crippen MR) is 85.1 cm³/mol. The van der Waals surface area contributed by atoms with Crippen LogP contribution in [0.5, 0.6) is 0 Å². The Morgan fingerprint density at radius 2 is 2.00 bits per heavy atom. The van der Waals surface area contributed by atoms with Crippen molar-refractivity contribution in [1.29, 1.82) is 0 Å². The van der Waals surface area contributed by atoms with Crippen molar-refractivity contribution in [3.05, 3.63) is 60.8 Å². The van der Waals surface area contributed by atoms with Gasteiger partial charge in [0.2, 0.25) is 0 Å². The average Bonchev–Trinajstić information content (AvgIpc) is 3.19. The number of hydrogen-bond acceptors (Lipinski definition) is 4. The van der Waals surface area contributed by atoms with E-state index >= 15 is 0 Å². The van der Waals surface area contributed by atoms with E-state index in [1.54, 1.807) is 10.7 Å². The van der Waals surface area contributed by atoms with E-state index in [9.17, 15) is 4.79 Å². The standard InChI is InChI=1S/C16H14N6O/c23-16(14-11-18-12-3-1-2-4-13(12)20-14)17-7-8-21-9-10-22-15(21)5-6-19-22/h1-6,9-11H,7-8H2,(H,17,23). The first-order chi connectivity index (χ1) is 11.3. The van der Waals surface area contributed by atoms with Crippen molar-refractivity contribution in [2.24, 2.45) is 0 Å². The highest BCUT2D eigenvalue weighted by Crippen LogP contribution is 2.08. The molecule has 0 saturated heterocycles. The topological polar surface area (TPSA) is 77.1 Å². The Morgan fingerprint density at radius 1 is 1.13 bits per heavy atom. The van der Waals surface area contributed by atoms with Gasteiger partial charge in [0.05, 0.1) is 23.4 Å². The number of aromatic nitrogens is 5. The molecule has 0 spiro atoms. The van der Waals surface area contributed by atoms with E-state index in [1.165, 1.54) is 6.20 Å². The lowest BCUT2D eigenvalue weighted by Crippen LogP contribution is -2.28. The minimum Gasteiger partial charge on any atom is -0.349 e. The van der Waals surface area contributed by atoms with E-state index in [4.69, 9.17) is 0 Å². The quantitative estimate of drug-likeness (QED) is 0.620. The van der Waals surface area contributed by atoms with Crippen LogP contribution in [0.2, 0.25) is 0 Å². The number of amides is 1. The SMILES string of the molecule is O=C(NCCn1ccn2nccc12)c1cnc2ccccc2n1. The van der Waals surface area contributed by atoms with Crippen LogP contribution in [0.25, 0.3) is 16.7 Å². The van der Waals surface area contributed by atoms with Gasteiger partial charge >= 0.3 is 0 Å². The van der Waals surface area contributed by atoms with Gasteiger partial charge in [-0.15, -0.1) is 0 Å². The van der Waals surface area contributed by atoms with Crippen molar-refractivity contribution in [2.45, 2.75) is 6.54 Å². The normalized spacial score (nSPS) is 11.1. The number of fused-ring (bicyclic) bond motifs is 2. The second-order valence-electron chi connectivity index (χ2n) is 5.13. The minimum atomic E-state index is -0.222. The highest BCUT2D eigenvalue weighted by molar-refractivity contribution is 5.93. The Hall–Kier alpha value is -3.22. The molecule has 0 saturated carbocycles. The molecule has 114 valence electrons. The highest BCUT2D eigenvalue weighted by atomic mass is 16.1. The summed E-state index contributed by atoms with van der Waals surface area (Å²) in [6.45, 7) is 1.16. The van der Waals surface area contributed by atoms with Crippen molar-refractivity contribution in [1.82, 2.24) is 29.5 Å². The van der Waals surface area contributed by atoms with Gasteiger partial charge in [0.25, 0.3) is 5.91 Å². The molecule has 0 bridgehead atoms. The van der Waals surface area contributed by atoms with E-state index in [0.717, 1.165) is 11.2 Å². The van der Waals surface area contributed by atoms with Crippen LogP contribution >= 0.6 is 0 Å². The monoisotopic (exact) mass is 306 g/mol. The van der Waals surface area contributed by atoms with Gasteiger partial charge in [0.15, 0.2) is 0 Å². The molecule has 1 N–H and O–H groups in total. The Bertz CT molecular complexity index is 986. The summed E-state index contributed by atoms with van der Waals surface area (Å²) >= 11 is 0. The Kier molecular flexibility index (Phi) is 3.23. The molecule has 0 aliphatic carbocycles. The van der Waals surface area contributed by atoms with Crippen LogP contribution in [0.15, 0.2) is 55.1 Å². The van der Waals surface area contributed by atoms with E-state index in [0.29, 0.717) is 24.3 Å². The van der Waals surface area contributed by atoms with Crippen molar-refractivity contribution in [3.8, 4) is 0 Å². The number of hydrogen-bond donors (Lipinski definition) is 1. The lowest BCUT2D eigenvalue weighted by atomic mass is 10.3. The molecule has 1 aromatic carbocycles. The van der Waals surface area contributed by atoms with Crippen LogP contribution in [-0.4, -0.2) is 36.6 Å². The summed E-state index contributed by atoms with van der Waals surface area (Å²) in [6, 6.07) is 9.41. The summed E-state index contributed by atoms with van der Waals surface area (Å²) in [5.74, 6) is -0.222. The number of nitrogens with one attached hydrogen (secondary N) is 1. The second-order valence-corrected chi connectivity index (χ2v) is 5.13. The highest BCUT2D eigenvalue weighted by Gasteiger charge is 2.09. The molecule has 4 aromatic rings. The third-order valence-corrected chi connectivity index (χ3v) is 3.65. The first-order valence-electron chi connectivity index (χ1n) is 7.30. The van der Waals surface area contributed by atoms with E-state index in [1.807, 2.05) is 47.3 Å². The molecule has 3 heterocycles. The van der Waals surface area contributed by atoms with Crippen molar-refractivity contribution in [2.75, 3.05) is 6.54 Å². The number of para-hydroxylation sites is 2. The molecule has 0 radical (unpaired) electrons. The number of rotatable bonds is 4. The minimum absolute atomic E-state index is 0.222. The summed E-state index contributed by atoms with van der Waals surface area (Å²) < 4.78 is 3.82. The molecule has 23 heavy (non-hydrogen) atoms. The molecule has 0 aliphatic rings. The fourth-order valence-corrected chi connectivity index (χ4v) is 2.51. The van der Waals surface area contributed by atoms with Crippen LogP contribution in [0.3, 0.4) is 0 Å². The van der Waals surface area contributed by atoms with Gasteiger partial charge in [0.1, 0.15) is 11.3 Å². The number of carbonyl (C=O) groups is 1. The van der Waals surface area contributed by atoms with Gasteiger partial charge in [0, 0.05) is 31.5 Å². The summed E-state index contributed by atoms with van der Waals surface area (Å²) in [4.78, 5) is 20.8. The zero-order chi connectivity index (χ0) is 15.6. The van der Waals surface area contributed by atoms with Crippen LogP contribution < -0.4 is 5.32 Å². The summed E-state index contributed by atoms with van der Waals surface area (Å²) in [5, 5.41) is 7.02. The molecular formula is C16H14N6O. The average molecular weight is 306 g/mol. The molecule has 1 amide bonds. The van der Waals surface area contributed by atoms with Gasteiger partial charge in [-0.25, -0.2) is 9.50 Å². The number of carbonyl (C=O) groups excluding carboxylic acids is 1. The van der Waals surface area contributed by atoms with E-state index in [-0.39, 0.29) is 5.91 Å². The zero-order valence-corrected chi connectivity index (χ0v) is 12.3. The van der Waals surface area contributed by atoms with E-state index < -0.39 is 0 Å². The van der Waals surface area contributed by atoms with Crippen LogP contribution in [0, 0.1) is 0 Å². The largest absolute Gasteiger partial charge is 0.349 e. The lowest BCUT2D eigenvalue weighted by Gasteiger charge is -2.06. The second kappa shape index (κ2) is 5.53. The summed E-state index contributed by atoms with van der Waals surface area (Å²) in [7, 11) is 0. The van der Waals surface area contributed by atoms with Crippen LogP contribution in [0.1, 0.15) is 10.5 Å². The zero-order valence-electron chi connectivity index (χ0n) is 12.3. The van der Waals surface area contributed by atoms with E-state index in [2.05, 4.69) is 20.4 Å². The smallest absolute Gasteiger partial charge is 0.271 e. The fourth-order valence-electron chi connectivity index (χ4n) is 2.51. The van der Waals surface area contributed by atoms with Gasteiger partial charge < -0.3 is 9.88 Å². The molecule has 0 fully saturated rings. The maximum Gasteiger partial charge on any atom is 0.271 e. The van der Waals surface area contributed by atoms with Crippen molar-refractivity contribution < 1.29 is 4.79 Å². The molecule has 7 nitrogen and oxygen atoms in total. The number of nitrogens with zero attached hydrogens (tertiary/aromatic N) is 5. The first kappa shape index (κ1) is 13.4. The van der Waals surface area contributed by atoms with Gasteiger partial charge in [-0.05, 0) is 12.1 Å². The predicted octanol–water partition coefficient (Wildman–Crippen LogP) is 1.51. The van der Waals surface area contributed by atoms with Crippen LogP contribution in [0.4, 0.5) is 0 Å². The van der Waals surface area contributed by atoms with Crippen molar-refractivity contribution in [3.63, 3.8) is 0 Å². The third kappa shape index (κ3) is 2.52. The Labute approximate surface area is 131 Å². The molecule has 0 aliphatic heterocycles. The molecule has 3 aromatic heterocycles. The third-order valence-electron chi connectivity index (χ3n) is 3.65. The molecule has 0 atom stereocenters. The maximum absolute atomic E-state index is 12.2. The van der Waals surface area contributed by atoms with Gasteiger partial charge in [-0.2, -0.15) is 5.10 Å². The fraction of sp³-hybridized carbons (Fsp3) is 0.125. The summed E-state index contributed by atoms with van der Waals surface area (Å²) in [5.41, 5.74) is 2.81. The van der Waals surface area contributed by atoms with Gasteiger partial charge in [-0.3, -0.25) is 9.78 Å². The molecule has 7 heteroatoms. The van der Waals surface area contributed by atoms with Gasteiger partial charge in [-0.1, -0.05) is 12.1 Å². The first-order valence-corrected chi connectivity index (χ1v) is 7.30. The maximum atomic E-state index is 12.2. The Balaban J connectivity index is 1.43. The number of imidazole rings is 1. The summed E-state index contributed by atoms with van der Waals surface area (Å²) in [6.07, 6.45) is 7.06. The molecular weight excluding hydrogens is 292 g/mol. The van der Waals surface area contributed by atoms with Crippen molar-refractivity contribution >= 4 is 22.6 Å². The lowest BCUT2D eigenvalue weighted by molar-refractivity contribution is 0.0947. The molecule has 4 rings (SSSR count). The van der Waals surface area contributed by atoms with Crippen LogP contribution in [-0.2, 0) is 6.54 Å².